The fraction of sp³-hybridized carbons (Fsp3) is 0.238. The number of carbonyl (C=O) groups is 2. The average Bonchev–Trinajstić information content (AvgIpc) is 2.94. The van der Waals surface area contributed by atoms with E-state index >= 15 is 0 Å². The van der Waals surface area contributed by atoms with Crippen molar-refractivity contribution in [3.05, 3.63) is 63.9 Å². The highest BCUT2D eigenvalue weighted by Gasteiger charge is 2.24. The average molecular weight is 386 g/mol. The third-order valence-electron chi connectivity index (χ3n) is 4.47. The van der Waals surface area contributed by atoms with Crippen LogP contribution < -0.4 is 5.32 Å². The summed E-state index contributed by atoms with van der Waals surface area (Å²) >= 11 is 6.00. The molecule has 27 heavy (non-hydrogen) atoms. The Hall–Kier alpha value is -2.79. The third kappa shape index (κ3) is 3.83. The smallest absolute Gasteiger partial charge is 0.375 e. The number of rotatable bonds is 4. The van der Waals surface area contributed by atoms with Crippen LogP contribution in [0.4, 0.5) is 5.69 Å². The molecule has 0 aliphatic rings. The van der Waals surface area contributed by atoms with Gasteiger partial charge in [0, 0.05) is 21.7 Å². The van der Waals surface area contributed by atoms with Gasteiger partial charge in [-0.15, -0.1) is 0 Å². The van der Waals surface area contributed by atoms with Gasteiger partial charge in [0.15, 0.2) is 6.10 Å². The predicted molar refractivity (Wildman–Crippen MR) is 105 cm³/mol. The summed E-state index contributed by atoms with van der Waals surface area (Å²) < 4.78 is 10.9. The SMILES string of the molecule is Cc1cccc(C)c1NC(=O)[C@@H](C)OC(=O)c1oc2ccc(Cl)cc2c1C. The van der Waals surface area contributed by atoms with Crippen LogP contribution in [-0.4, -0.2) is 18.0 Å². The second kappa shape index (κ2) is 7.45. The number of benzene rings is 2. The molecule has 0 unspecified atom stereocenters. The van der Waals surface area contributed by atoms with Gasteiger partial charge in [-0.1, -0.05) is 29.8 Å². The van der Waals surface area contributed by atoms with Crippen molar-refractivity contribution < 1.29 is 18.7 Å². The van der Waals surface area contributed by atoms with E-state index in [0.717, 1.165) is 22.2 Å². The van der Waals surface area contributed by atoms with Crippen LogP contribution in [0.5, 0.6) is 0 Å². The molecule has 1 heterocycles. The monoisotopic (exact) mass is 385 g/mol. The Morgan fingerprint density at radius 2 is 1.78 bits per heavy atom. The lowest BCUT2D eigenvalue weighted by atomic mass is 10.1. The Kier molecular flexibility index (Phi) is 5.24. The Labute approximate surface area is 162 Å². The second-order valence-corrected chi connectivity index (χ2v) is 6.94. The topological polar surface area (TPSA) is 68.5 Å². The molecule has 1 amide bonds. The van der Waals surface area contributed by atoms with Crippen LogP contribution in [0.15, 0.2) is 40.8 Å². The third-order valence-corrected chi connectivity index (χ3v) is 4.70. The Balaban J connectivity index is 1.76. The first-order chi connectivity index (χ1) is 12.8. The maximum Gasteiger partial charge on any atom is 0.375 e. The van der Waals surface area contributed by atoms with Gasteiger partial charge < -0.3 is 14.5 Å². The first-order valence-electron chi connectivity index (χ1n) is 8.54. The fourth-order valence-corrected chi connectivity index (χ4v) is 3.06. The Bertz CT molecular complexity index is 1020. The van der Waals surface area contributed by atoms with Crippen LogP contribution in [0.1, 0.15) is 34.2 Å². The van der Waals surface area contributed by atoms with E-state index in [-0.39, 0.29) is 5.76 Å². The molecule has 140 valence electrons. The number of carbonyl (C=O) groups excluding carboxylic acids is 2. The standard InChI is InChI=1S/C21H20ClNO4/c1-11-6-5-7-12(2)18(11)23-20(24)14(4)26-21(25)19-13(3)16-10-15(22)8-9-17(16)27-19/h5-10,14H,1-4H3,(H,23,24)/t14-/m1/s1. The fourth-order valence-electron chi connectivity index (χ4n) is 2.89. The van der Waals surface area contributed by atoms with Gasteiger partial charge in [-0.05, 0) is 57.0 Å². The van der Waals surface area contributed by atoms with Gasteiger partial charge in [0.25, 0.3) is 5.91 Å². The number of hydrogen-bond acceptors (Lipinski definition) is 4. The predicted octanol–water partition coefficient (Wildman–Crippen LogP) is 5.20. The molecule has 0 aliphatic carbocycles. The van der Waals surface area contributed by atoms with E-state index in [9.17, 15) is 9.59 Å². The highest BCUT2D eigenvalue weighted by Crippen LogP contribution is 2.28. The van der Waals surface area contributed by atoms with Crippen LogP contribution in [-0.2, 0) is 9.53 Å². The molecule has 3 rings (SSSR count). The van der Waals surface area contributed by atoms with Crippen molar-refractivity contribution >= 4 is 40.1 Å². The van der Waals surface area contributed by atoms with Crippen LogP contribution >= 0.6 is 11.6 Å². The van der Waals surface area contributed by atoms with E-state index in [1.807, 2.05) is 32.0 Å². The van der Waals surface area contributed by atoms with Gasteiger partial charge in [-0.3, -0.25) is 4.79 Å². The summed E-state index contributed by atoms with van der Waals surface area (Å²) in [4.78, 5) is 24.9. The molecule has 1 N–H and O–H groups in total. The highest BCUT2D eigenvalue weighted by atomic mass is 35.5. The van der Waals surface area contributed by atoms with E-state index in [0.29, 0.717) is 16.2 Å². The van der Waals surface area contributed by atoms with Crippen molar-refractivity contribution in [2.75, 3.05) is 5.32 Å². The van der Waals surface area contributed by atoms with Crippen molar-refractivity contribution in [1.82, 2.24) is 0 Å². The molecule has 6 heteroatoms. The molecule has 1 atom stereocenters. The number of furan rings is 1. The zero-order valence-electron chi connectivity index (χ0n) is 15.6. The number of nitrogens with one attached hydrogen (secondary N) is 1. The van der Waals surface area contributed by atoms with Crippen LogP contribution in [0.25, 0.3) is 11.0 Å². The molecule has 2 aromatic carbocycles. The van der Waals surface area contributed by atoms with Crippen molar-refractivity contribution in [1.29, 1.82) is 0 Å². The normalized spacial score (nSPS) is 12.0. The molecule has 0 spiro atoms. The molecule has 0 saturated carbocycles. The maximum atomic E-state index is 12.5. The van der Waals surface area contributed by atoms with Gasteiger partial charge in [0.2, 0.25) is 5.76 Å². The largest absolute Gasteiger partial charge is 0.449 e. The molecule has 0 aliphatic heterocycles. The summed E-state index contributed by atoms with van der Waals surface area (Å²) in [5, 5.41) is 4.11. The zero-order chi connectivity index (χ0) is 19.7. The number of ether oxygens (including phenoxy) is 1. The lowest BCUT2D eigenvalue weighted by Gasteiger charge is -2.15. The first kappa shape index (κ1) is 19.0. The summed E-state index contributed by atoms with van der Waals surface area (Å²) in [6, 6.07) is 10.8. The Morgan fingerprint density at radius 1 is 1.11 bits per heavy atom. The van der Waals surface area contributed by atoms with Gasteiger partial charge in [-0.2, -0.15) is 0 Å². The van der Waals surface area contributed by atoms with E-state index in [1.54, 1.807) is 25.1 Å². The van der Waals surface area contributed by atoms with E-state index in [2.05, 4.69) is 5.32 Å². The molecule has 3 aromatic rings. The molecule has 0 saturated heterocycles. The van der Waals surface area contributed by atoms with Gasteiger partial charge in [-0.25, -0.2) is 4.79 Å². The summed E-state index contributed by atoms with van der Waals surface area (Å²) in [6.45, 7) is 7.08. The molecular formula is C21H20ClNO4. The maximum absolute atomic E-state index is 12.5. The summed E-state index contributed by atoms with van der Waals surface area (Å²) in [6.07, 6.45) is -0.979. The number of hydrogen-bond donors (Lipinski definition) is 1. The second-order valence-electron chi connectivity index (χ2n) is 6.50. The van der Waals surface area contributed by atoms with Crippen LogP contribution in [0, 0.1) is 20.8 Å². The van der Waals surface area contributed by atoms with Gasteiger partial charge in [0.1, 0.15) is 5.58 Å². The van der Waals surface area contributed by atoms with E-state index in [4.69, 9.17) is 20.8 Å². The van der Waals surface area contributed by atoms with Crippen molar-refractivity contribution in [3.8, 4) is 0 Å². The lowest BCUT2D eigenvalue weighted by Crippen LogP contribution is -2.30. The number of fused-ring (bicyclic) bond motifs is 1. The minimum absolute atomic E-state index is 0.0685. The number of aryl methyl sites for hydroxylation is 3. The summed E-state index contributed by atoms with van der Waals surface area (Å²) in [7, 11) is 0. The molecule has 0 bridgehead atoms. The lowest BCUT2D eigenvalue weighted by molar-refractivity contribution is -0.123. The van der Waals surface area contributed by atoms with Crippen LogP contribution in [0.3, 0.4) is 0 Å². The van der Waals surface area contributed by atoms with E-state index < -0.39 is 18.0 Å². The zero-order valence-corrected chi connectivity index (χ0v) is 16.3. The van der Waals surface area contributed by atoms with E-state index in [1.165, 1.54) is 6.92 Å². The summed E-state index contributed by atoms with van der Waals surface area (Å²) in [5.74, 6) is -1.03. The minimum Gasteiger partial charge on any atom is -0.449 e. The Morgan fingerprint density at radius 3 is 2.44 bits per heavy atom. The molecule has 0 radical (unpaired) electrons. The number of para-hydroxylation sites is 1. The number of amides is 1. The molecule has 5 nitrogen and oxygen atoms in total. The molecule has 1 aromatic heterocycles. The highest BCUT2D eigenvalue weighted by molar-refractivity contribution is 6.31. The summed E-state index contributed by atoms with van der Waals surface area (Å²) in [5.41, 5.74) is 3.76. The van der Waals surface area contributed by atoms with Gasteiger partial charge >= 0.3 is 5.97 Å². The van der Waals surface area contributed by atoms with Gasteiger partial charge in [0.05, 0.1) is 0 Å². The number of halogens is 1. The van der Waals surface area contributed by atoms with Crippen molar-refractivity contribution in [2.24, 2.45) is 0 Å². The van der Waals surface area contributed by atoms with Crippen LogP contribution in [0.2, 0.25) is 5.02 Å². The van der Waals surface area contributed by atoms with Crippen molar-refractivity contribution in [2.45, 2.75) is 33.8 Å². The quantitative estimate of drug-likeness (QED) is 0.627. The number of esters is 1. The van der Waals surface area contributed by atoms with Crippen molar-refractivity contribution in [3.63, 3.8) is 0 Å². The number of anilines is 1. The first-order valence-corrected chi connectivity index (χ1v) is 8.92. The molecule has 0 fully saturated rings. The minimum atomic E-state index is -0.979. The molecular weight excluding hydrogens is 366 g/mol.